The number of sulfonamides is 1. The van der Waals surface area contributed by atoms with Gasteiger partial charge in [0, 0.05) is 30.0 Å². The Kier molecular flexibility index (Phi) is 7.14. The minimum atomic E-state index is -3.55. The molecule has 40 heavy (non-hydrogen) atoms. The number of alkyl halides is 2. The lowest BCUT2D eigenvalue weighted by Gasteiger charge is -2.40. The van der Waals surface area contributed by atoms with Crippen LogP contribution in [0.5, 0.6) is 5.75 Å². The molecule has 0 aliphatic carbocycles. The number of halogens is 3. The molecule has 0 unspecified atom stereocenters. The van der Waals surface area contributed by atoms with E-state index in [1.54, 1.807) is 29.9 Å². The number of oxazole rings is 1. The molecule has 1 aliphatic rings. The van der Waals surface area contributed by atoms with E-state index >= 15 is 0 Å². The standard InChI is InChI=1S/C25H23ClF2N6O5S/c1-33-10-15(24(35)31-17-4-16(26)5-18(6-17)32-40(2,36)37)3-21(33)23-22(38-11-20-9-29-14-39-20)7-19(8-30-23)34-12-25(27,28)13-34/h3-10,14,32H,11-13H2,1-2H3,(H,31,35). The summed E-state index contributed by atoms with van der Waals surface area (Å²) in [6.07, 6.45) is 6.81. The number of benzene rings is 1. The average Bonchev–Trinajstić information content (AvgIpc) is 3.49. The molecule has 0 atom stereocenters. The van der Waals surface area contributed by atoms with Crippen LogP contribution < -0.4 is 19.7 Å². The van der Waals surface area contributed by atoms with Gasteiger partial charge in [0.25, 0.3) is 11.8 Å². The number of aryl methyl sites for hydroxylation is 1. The molecule has 0 spiro atoms. The van der Waals surface area contributed by atoms with Gasteiger partial charge >= 0.3 is 0 Å². The Morgan fingerprint density at radius 3 is 2.60 bits per heavy atom. The van der Waals surface area contributed by atoms with Crippen LogP contribution in [0.4, 0.5) is 25.8 Å². The number of ether oxygens (including phenoxy) is 1. The fraction of sp³-hybridized carbons (Fsp3) is 0.240. The summed E-state index contributed by atoms with van der Waals surface area (Å²) in [4.78, 5) is 22.9. The third-order valence-corrected chi connectivity index (χ3v) is 6.69. The molecule has 2 N–H and O–H groups in total. The van der Waals surface area contributed by atoms with E-state index < -0.39 is 34.9 Å². The van der Waals surface area contributed by atoms with E-state index in [0.717, 1.165) is 6.26 Å². The van der Waals surface area contributed by atoms with Crippen molar-refractivity contribution in [2.45, 2.75) is 12.5 Å². The van der Waals surface area contributed by atoms with Gasteiger partial charge < -0.3 is 23.9 Å². The summed E-state index contributed by atoms with van der Waals surface area (Å²) >= 11 is 6.10. The van der Waals surface area contributed by atoms with Gasteiger partial charge in [-0.25, -0.2) is 27.2 Å². The van der Waals surface area contributed by atoms with E-state index in [4.69, 9.17) is 20.8 Å². The van der Waals surface area contributed by atoms with Gasteiger partial charge in [0.1, 0.15) is 18.1 Å². The lowest BCUT2D eigenvalue weighted by atomic mass is 10.1. The van der Waals surface area contributed by atoms with E-state index in [0.29, 0.717) is 28.6 Å². The van der Waals surface area contributed by atoms with Gasteiger partial charge in [0.05, 0.1) is 54.4 Å². The topological polar surface area (TPSA) is 132 Å². The highest BCUT2D eigenvalue weighted by molar-refractivity contribution is 7.92. The van der Waals surface area contributed by atoms with Crippen molar-refractivity contribution >= 4 is 44.6 Å². The van der Waals surface area contributed by atoms with Crippen LogP contribution in [0.3, 0.4) is 0 Å². The van der Waals surface area contributed by atoms with E-state index in [1.807, 2.05) is 0 Å². The van der Waals surface area contributed by atoms with Crippen LogP contribution in [-0.4, -0.2) is 54.1 Å². The molecule has 0 saturated carbocycles. The molecule has 4 heterocycles. The highest BCUT2D eigenvalue weighted by atomic mass is 35.5. The number of amides is 1. The van der Waals surface area contributed by atoms with Crippen molar-refractivity contribution in [1.29, 1.82) is 0 Å². The van der Waals surface area contributed by atoms with Crippen molar-refractivity contribution in [3.63, 3.8) is 0 Å². The van der Waals surface area contributed by atoms with Crippen molar-refractivity contribution in [3.05, 3.63) is 71.7 Å². The maximum atomic E-state index is 13.5. The van der Waals surface area contributed by atoms with Crippen LogP contribution >= 0.6 is 11.6 Å². The van der Waals surface area contributed by atoms with E-state index in [1.165, 1.54) is 41.9 Å². The summed E-state index contributed by atoms with van der Waals surface area (Å²) in [7, 11) is -1.84. The second-order valence-electron chi connectivity index (χ2n) is 9.29. The van der Waals surface area contributed by atoms with Crippen LogP contribution in [0, 0.1) is 0 Å². The molecule has 3 aromatic heterocycles. The number of anilines is 3. The summed E-state index contributed by atoms with van der Waals surface area (Å²) in [5, 5.41) is 2.92. The van der Waals surface area contributed by atoms with Gasteiger partial charge in [-0.15, -0.1) is 0 Å². The van der Waals surface area contributed by atoms with E-state index in [-0.39, 0.29) is 28.6 Å². The number of nitrogens with zero attached hydrogens (tertiary/aromatic N) is 4. The quantitative estimate of drug-likeness (QED) is 0.293. The molecule has 1 aliphatic heterocycles. The Bertz CT molecular complexity index is 1670. The van der Waals surface area contributed by atoms with Crippen LogP contribution in [0.2, 0.25) is 5.02 Å². The maximum Gasteiger partial charge on any atom is 0.282 e. The number of aromatic nitrogens is 3. The summed E-state index contributed by atoms with van der Waals surface area (Å²) < 4.78 is 65.3. The molecule has 4 aromatic rings. The maximum absolute atomic E-state index is 13.5. The third kappa shape index (κ3) is 6.34. The predicted molar refractivity (Wildman–Crippen MR) is 145 cm³/mol. The lowest BCUT2D eigenvalue weighted by Crippen LogP contribution is -2.56. The minimum absolute atomic E-state index is 0.0185. The number of rotatable bonds is 9. The summed E-state index contributed by atoms with van der Waals surface area (Å²) in [6, 6.07) is 7.53. The molecule has 210 valence electrons. The molecule has 15 heteroatoms. The molecule has 1 fully saturated rings. The summed E-state index contributed by atoms with van der Waals surface area (Å²) in [6.45, 7) is -0.825. The first-order valence-corrected chi connectivity index (χ1v) is 14.0. The zero-order valence-electron chi connectivity index (χ0n) is 21.2. The largest absolute Gasteiger partial charge is 0.483 e. The average molecular weight is 593 g/mol. The fourth-order valence-corrected chi connectivity index (χ4v) is 4.91. The Morgan fingerprint density at radius 1 is 1.18 bits per heavy atom. The van der Waals surface area contributed by atoms with Crippen molar-refractivity contribution in [2.75, 3.05) is 34.3 Å². The Morgan fingerprint density at radius 2 is 1.93 bits per heavy atom. The molecule has 0 bridgehead atoms. The first-order valence-electron chi connectivity index (χ1n) is 11.7. The van der Waals surface area contributed by atoms with Crippen LogP contribution in [-0.2, 0) is 23.7 Å². The normalized spacial score (nSPS) is 14.5. The SMILES string of the molecule is Cn1cc(C(=O)Nc2cc(Cl)cc(NS(C)(=O)=O)c2)cc1-c1ncc(N2CC(F)(F)C2)cc1OCc1cnco1. The molecule has 1 aromatic carbocycles. The Labute approximate surface area is 232 Å². The lowest BCUT2D eigenvalue weighted by molar-refractivity contribution is -0.0263. The van der Waals surface area contributed by atoms with Gasteiger partial charge in [-0.3, -0.25) is 9.52 Å². The van der Waals surface area contributed by atoms with E-state index in [2.05, 4.69) is 20.0 Å². The zero-order chi connectivity index (χ0) is 28.7. The van der Waals surface area contributed by atoms with E-state index in [9.17, 15) is 22.0 Å². The van der Waals surface area contributed by atoms with Crippen molar-refractivity contribution in [2.24, 2.45) is 7.05 Å². The van der Waals surface area contributed by atoms with Crippen molar-refractivity contribution in [3.8, 4) is 17.1 Å². The van der Waals surface area contributed by atoms with Crippen LogP contribution in [0.15, 0.2) is 59.7 Å². The van der Waals surface area contributed by atoms with Crippen LogP contribution in [0.25, 0.3) is 11.4 Å². The van der Waals surface area contributed by atoms with Crippen molar-refractivity contribution < 1.29 is 31.1 Å². The number of carbonyl (C=O) groups is 1. The molecule has 1 amide bonds. The number of hydrogen-bond donors (Lipinski definition) is 2. The first-order chi connectivity index (χ1) is 18.8. The highest BCUT2D eigenvalue weighted by Gasteiger charge is 2.44. The summed E-state index contributed by atoms with van der Waals surface area (Å²) in [5.41, 5.74) is 2.09. The second-order valence-corrected chi connectivity index (χ2v) is 11.5. The predicted octanol–water partition coefficient (Wildman–Crippen LogP) is 4.39. The molecular formula is C25H23ClF2N6O5S. The molecule has 1 saturated heterocycles. The highest BCUT2D eigenvalue weighted by Crippen LogP contribution is 2.37. The number of carbonyl (C=O) groups excluding carboxylic acids is 1. The second kappa shape index (κ2) is 10.4. The van der Waals surface area contributed by atoms with Gasteiger partial charge in [-0.2, -0.15) is 0 Å². The van der Waals surface area contributed by atoms with Gasteiger partial charge in [0.15, 0.2) is 12.2 Å². The fourth-order valence-electron chi connectivity index (χ4n) is 4.13. The summed E-state index contributed by atoms with van der Waals surface area (Å²) in [5.74, 6) is -2.50. The minimum Gasteiger partial charge on any atom is -0.483 e. The monoisotopic (exact) mass is 592 g/mol. The molecule has 11 nitrogen and oxygen atoms in total. The smallest absolute Gasteiger partial charge is 0.282 e. The third-order valence-electron chi connectivity index (χ3n) is 5.87. The Balaban J connectivity index is 1.41. The first kappa shape index (κ1) is 27.4. The number of pyridine rings is 1. The van der Waals surface area contributed by atoms with Crippen LogP contribution in [0.1, 0.15) is 16.1 Å². The number of nitrogens with one attached hydrogen (secondary N) is 2. The van der Waals surface area contributed by atoms with Crippen molar-refractivity contribution in [1.82, 2.24) is 14.5 Å². The van der Waals surface area contributed by atoms with Gasteiger partial charge in [0.2, 0.25) is 10.0 Å². The Hall–Kier alpha value is -4.17. The molecule has 0 radical (unpaired) electrons. The zero-order valence-corrected chi connectivity index (χ0v) is 22.8. The van der Waals surface area contributed by atoms with Gasteiger partial charge in [-0.05, 0) is 24.3 Å². The number of hydrogen-bond acceptors (Lipinski definition) is 8. The molecular weight excluding hydrogens is 570 g/mol. The van der Waals surface area contributed by atoms with Gasteiger partial charge in [-0.1, -0.05) is 11.6 Å². The molecule has 5 rings (SSSR count).